The van der Waals surface area contributed by atoms with Gasteiger partial charge in [0.1, 0.15) is 5.82 Å². The van der Waals surface area contributed by atoms with Crippen LogP contribution in [0.5, 0.6) is 0 Å². The van der Waals surface area contributed by atoms with Crippen molar-refractivity contribution in [2.24, 2.45) is 5.73 Å². The maximum absolute atomic E-state index is 13.5. The van der Waals surface area contributed by atoms with Crippen LogP contribution in [-0.4, -0.2) is 22.2 Å². The molecule has 0 fully saturated rings. The molecule has 4 N–H and O–H groups in total. The van der Waals surface area contributed by atoms with Gasteiger partial charge in [0, 0.05) is 6.54 Å². The monoisotopic (exact) mass is 365 g/mol. The van der Waals surface area contributed by atoms with Gasteiger partial charge in [-0.15, -0.1) is 0 Å². The number of pyridine rings is 1. The van der Waals surface area contributed by atoms with E-state index in [9.17, 15) is 17.6 Å². The number of nitrogens with one attached hydrogen (secondary N) is 1. The summed E-state index contributed by atoms with van der Waals surface area (Å²) in [6.07, 6.45) is -3.50. The molecule has 0 saturated carbocycles. The van der Waals surface area contributed by atoms with Gasteiger partial charge < -0.3 is 16.2 Å². The van der Waals surface area contributed by atoms with Crippen LogP contribution in [0.3, 0.4) is 0 Å². The van der Waals surface area contributed by atoms with Crippen molar-refractivity contribution in [1.82, 2.24) is 4.98 Å². The molecule has 0 saturated heterocycles. The number of hydrogen-bond donors (Lipinski definition) is 3. The van der Waals surface area contributed by atoms with Crippen molar-refractivity contribution in [2.45, 2.75) is 12.7 Å². The first kappa shape index (κ1) is 19.7. The first-order chi connectivity index (χ1) is 11.1. The quantitative estimate of drug-likeness (QED) is 0.722. The number of nitrogens with two attached hydrogens (primary N) is 1. The highest BCUT2D eigenvalue weighted by atomic mass is 35.5. The van der Waals surface area contributed by atoms with Gasteiger partial charge in [-0.2, -0.15) is 13.2 Å². The number of para-hydroxylation sites is 1. The van der Waals surface area contributed by atoms with Crippen LogP contribution in [0.15, 0.2) is 36.5 Å². The highest BCUT2D eigenvalue weighted by molar-refractivity contribution is 6.33. The summed E-state index contributed by atoms with van der Waals surface area (Å²) >= 11 is 5.90. The zero-order chi connectivity index (χ0) is 18.3. The lowest BCUT2D eigenvalue weighted by Gasteiger charge is -2.09. The minimum Gasteiger partial charge on any atom is -0.475 e. The number of carboxylic acid groups (broad SMARTS) is 1. The minimum absolute atomic E-state index is 0.247. The molecule has 2 rings (SSSR count). The lowest BCUT2D eigenvalue weighted by molar-refractivity contribution is -0.192. The number of aliphatic carboxylic acids is 1. The Morgan fingerprint density at radius 1 is 1.29 bits per heavy atom. The Hall–Kier alpha value is -2.39. The fraction of sp³-hybridized carbons (Fsp3) is 0.143. The molecule has 0 aliphatic rings. The van der Waals surface area contributed by atoms with Crippen molar-refractivity contribution in [2.75, 3.05) is 5.32 Å². The smallest absolute Gasteiger partial charge is 0.475 e. The van der Waals surface area contributed by atoms with Crippen LogP contribution in [0.2, 0.25) is 5.02 Å². The van der Waals surface area contributed by atoms with E-state index < -0.39 is 18.0 Å². The number of aromatic nitrogens is 1. The number of rotatable bonds is 3. The molecule has 0 bridgehead atoms. The first-order valence-electron chi connectivity index (χ1n) is 6.31. The maximum atomic E-state index is 13.5. The van der Waals surface area contributed by atoms with Crippen molar-refractivity contribution in [3.8, 4) is 0 Å². The summed E-state index contributed by atoms with van der Waals surface area (Å²) in [6, 6.07) is 8.07. The molecule has 1 aromatic heterocycles. The molecule has 0 aliphatic heterocycles. The zero-order valence-electron chi connectivity index (χ0n) is 11.9. The maximum Gasteiger partial charge on any atom is 0.490 e. The molecular formula is C14H12ClF4N3O2. The molecule has 0 atom stereocenters. The first-order valence-corrected chi connectivity index (χ1v) is 6.69. The van der Waals surface area contributed by atoms with Crippen LogP contribution in [0, 0.1) is 5.82 Å². The van der Waals surface area contributed by atoms with E-state index in [0.717, 1.165) is 5.69 Å². The van der Waals surface area contributed by atoms with Gasteiger partial charge in [-0.3, -0.25) is 4.98 Å². The number of carboxylic acids is 1. The fourth-order valence-corrected chi connectivity index (χ4v) is 1.59. The van der Waals surface area contributed by atoms with E-state index in [4.69, 9.17) is 27.2 Å². The highest BCUT2D eigenvalue weighted by Crippen LogP contribution is 2.27. The predicted octanol–water partition coefficient (Wildman–Crippen LogP) is 3.71. The highest BCUT2D eigenvalue weighted by Gasteiger charge is 2.38. The third kappa shape index (κ3) is 6.01. The molecule has 130 valence electrons. The van der Waals surface area contributed by atoms with Crippen LogP contribution in [-0.2, 0) is 11.3 Å². The molecule has 5 nitrogen and oxygen atoms in total. The van der Waals surface area contributed by atoms with Crippen LogP contribution >= 0.6 is 11.6 Å². The van der Waals surface area contributed by atoms with Gasteiger partial charge in [-0.05, 0) is 24.3 Å². The molecule has 0 amide bonds. The summed E-state index contributed by atoms with van der Waals surface area (Å²) in [5, 5.41) is 10.3. The number of benzene rings is 1. The average molecular weight is 366 g/mol. The Balaban J connectivity index is 0.000000351. The van der Waals surface area contributed by atoms with Gasteiger partial charge in [-0.25, -0.2) is 9.18 Å². The third-order valence-corrected chi connectivity index (χ3v) is 2.82. The standard InChI is InChI=1S/C12H11ClFN3.C2HF3O2/c13-10-2-1-3-11(14)12(10)17-9-5-4-8(6-15)16-7-9;3-2(4,5)1(6)7/h1-5,7,17H,6,15H2;(H,6,7). The zero-order valence-corrected chi connectivity index (χ0v) is 12.7. The van der Waals surface area contributed by atoms with Crippen molar-refractivity contribution < 1.29 is 27.5 Å². The van der Waals surface area contributed by atoms with Gasteiger partial charge in [0.2, 0.25) is 0 Å². The number of carbonyl (C=O) groups is 1. The Morgan fingerprint density at radius 3 is 2.33 bits per heavy atom. The number of halogens is 5. The summed E-state index contributed by atoms with van der Waals surface area (Å²) in [5.41, 5.74) is 7.12. The molecule has 10 heteroatoms. The fourth-order valence-electron chi connectivity index (χ4n) is 1.38. The second-order valence-electron chi connectivity index (χ2n) is 4.27. The summed E-state index contributed by atoms with van der Waals surface area (Å²) in [5.74, 6) is -3.16. The normalized spacial score (nSPS) is 10.6. The van der Waals surface area contributed by atoms with Crippen molar-refractivity contribution in [3.05, 3.63) is 53.1 Å². The van der Waals surface area contributed by atoms with Gasteiger partial charge >= 0.3 is 12.1 Å². The van der Waals surface area contributed by atoms with Crippen LogP contribution in [0.1, 0.15) is 5.69 Å². The van der Waals surface area contributed by atoms with E-state index in [0.29, 0.717) is 17.3 Å². The van der Waals surface area contributed by atoms with Gasteiger partial charge in [0.25, 0.3) is 0 Å². The van der Waals surface area contributed by atoms with Crippen LogP contribution in [0.4, 0.5) is 28.9 Å². The molecule has 24 heavy (non-hydrogen) atoms. The third-order valence-electron chi connectivity index (χ3n) is 2.51. The van der Waals surface area contributed by atoms with Crippen molar-refractivity contribution >= 4 is 28.9 Å². The number of alkyl halides is 3. The Morgan fingerprint density at radius 2 is 1.92 bits per heavy atom. The number of nitrogens with zero attached hydrogens (tertiary/aromatic N) is 1. The van der Waals surface area contributed by atoms with Gasteiger partial charge in [-0.1, -0.05) is 17.7 Å². The molecule has 0 radical (unpaired) electrons. The van der Waals surface area contributed by atoms with Crippen molar-refractivity contribution in [3.63, 3.8) is 0 Å². The molecule has 0 unspecified atom stereocenters. The lowest BCUT2D eigenvalue weighted by atomic mass is 10.2. The summed E-state index contributed by atoms with van der Waals surface area (Å²) < 4.78 is 45.2. The molecule has 1 heterocycles. The largest absolute Gasteiger partial charge is 0.490 e. The molecule has 0 aliphatic carbocycles. The number of hydrogen-bond acceptors (Lipinski definition) is 4. The van der Waals surface area contributed by atoms with Gasteiger partial charge in [0.15, 0.2) is 0 Å². The summed E-state index contributed by atoms with van der Waals surface area (Å²) in [6.45, 7) is 0.376. The van der Waals surface area contributed by atoms with E-state index >= 15 is 0 Å². The molecule has 0 spiro atoms. The van der Waals surface area contributed by atoms with E-state index in [1.807, 2.05) is 0 Å². The lowest BCUT2D eigenvalue weighted by Crippen LogP contribution is -2.21. The molecule has 1 aromatic carbocycles. The minimum atomic E-state index is -5.08. The van der Waals surface area contributed by atoms with Crippen LogP contribution in [0.25, 0.3) is 0 Å². The second kappa shape index (κ2) is 8.46. The van der Waals surface area contributed by atoms with Crippen molar-refractivity contribution in [1.29, 1.82) is 0 Å². The van der Waals surface area contributed by atoms with Crippen LogP contribution < -0.4 is 11.1 Å². The predicted molar refractivity (Wildman–Crippen MR) is 80.5 cm³/mol. The number of anilines is 2. The summed E-state index contributed by atoms with van der Waals surface area (Å²) in [7, 11) is 0. The summed E-state index contributed by atoms with van der Waals surface area (Å²) in [4.78, 5) is 13.0. The van der Waals surface area contributed by atoms with Gasteiger partial charge in [0.05, 0.1) is 28.3 Å². The molecular weight excluding hydrogens is 354 g/mol. The molecule has 2 aromatic rings. The second-order valence-corrected chi connectivity index (χ2v) is 4.67. The topological polar surface area (TPSA) is 88.2 Å². The Kier molecular flexibility index (Phi) is 6.93. The van der Waals surface area contributed by atoms with E-state index in [1.165, 1.54) is 6.07 Å². The Labute approximate surface area is 139 Å². The van der Waals surface area contributed by atoms with E-state index in [-0.39, 0.29) is 5.69 Å². The average Bonchev–Trinajstić information content (AvgIpc) is 2.51. The van der Waals surface area contributed by atoms with E-state index in [1.54, 1.807) is 30.5 Å². The van der Waals surface area contributed by atoms with E-state index in [2.05, 4.69) is 10.3 Å². The SMILES string of the molecule is NCc1ccc(Nc2c(F)cccc2Cl)cn1.O=C(O)C(F)(F)F. The Bertz CT molecular complexity index is 673.